The summed E-state index contributed by atoms with van der Waals surface area (Å²) in [6, 6.07) is 8.34. The molecule has 17 heavy (non-hydrogen) atoms. The summed E-state index contributed by atoms with van der Waals surface area (Å²) in [6.45, 7) is 8.47. The van der Waals surface area contributed by atoms with Crippen LogP contribution in [-0.2, 0) is 5.41 Å². The van der Waals surface area contributed by atoms with Crippen molar-refractivity contribution in [3.05, 3.63) is 41.9 Å². The van der Waals surface area contributed by atoms with Crippen molar-refractivity contribution in [3.8, 4) is 0 Å². The van der Waals surface area contributed by atoms with E-state index in [9.17, 15) is 0 Å². The zero-order valence-corrected chi connectivity index (χ0v) is 11.4. The zero-order valence-electron chi connectivity index (χ0n) is 10.6. The van der Waals surface area contributed by atoms with E-state index in [1.54, 1.807) is 11.3 Å². The van der Waals surface area contributed by atoms with Gasteiger partial charge < -0.3 is 0 Å². The highest BCUT2D eigenvalue weighted by molar-refractivity contribution is 7.18. The van der Waals surface area contributed by atoms with Gasteiger partial charge in [-0.25, -0.2) is 4.98 Å². The number of hydrogen-bond acceptors (Lipinski definition) is 2. The van der Waals surface area contributed by atoms with Crippen LogP contribution in [0.3, 0.4) is 0 Å². The molecule has 0 aliphatic carbocycles. The first-order valence-corrected chi connectivity index (χ1v) is 7.01. The smallest absolute Gasteiger partial charge is 0.103 e. The van der Waals surface area contributed by atoms with E-state index >= 15 is 0 Å². The second-order valence-electron chi connectivity index (χ2n) is 4.71. The molecule has 1 aromatic heterocycles. The molecule has 90 valence electrons. The molecule has 1 atom stereocenters. The Kier molecular flexibility index (Phi) is 3.63. The van der Waals surface area contributed by atoms with Gasteiger partial charge in [-0.2, -0.15) is 0 Å². The lowest BCUT2D eigenvalue weighted by atomic mass is 9.86. The van der Waals surface area contributed by atoms with Gasteiger partial charge in [0.05, 0.1) is 10.2 Å². The lowest BCUT2D eigenvalue weighted by Gasteiger charge is -2.22. The fraction of sp³-hybridized carbons (Fsp3) is 0.400. The van der Waals surface area contributed by atoms with Crippen LogP contribution in [0.4, 0.5) is 0 Å². The van der Waals surface area contributed by atoms with E-state index in [0.717, 1.165) is 11.9 Å². The first-order valence-electron chi connectivity index (χ1n) is 6.19. The summed E-state index contributed by atoms with van der Waals surface area (Å²) in [5, 5.41) is 1.20. The summed E-state index contributed by atoms with van der Waals surface area (Å²) >= 11 is 1.80. The van der Waals surface area contributed by atoms with Crippen LogP contribution < -0.4 is 0 Å². The molecule has 0 spiro atoms. The maximum atomic E-state index is 4.76. The summed E-state index contributed by atoms with van der Waals surface area (Å²) in [4.78, 5) is 4.76. The Balaban J connectivity index is 2.39. The number of rotatable bonds is 5. The first kappa shape index (κ1) is 12.3. The van der Waals surface area contributed by atoms with Crippen molar-refractivity contribution < 1.29 is 0 Å². The molecule has 0 fully saturated rings. The van der Waals surface area contributed by atoms with Gasteiger partial charge in [0, 0.05) is 5.41 Å². The summed E-state index contributed by atoms with van der Waals surface area (Å²) in [7, 11) is 0. The lowest BCUT2D eigenvalue weighted by molar-refractivity contribution is 0.509. The SMILES string of the molecule is C=C[C@](C)(CCCC)c1nc2ccccc2s1. The number of fused-ring (bicyclic) bond motifs is 1. The Morgan fingerprint density at radius 3 is 2.82 bits per heavy atom. The molecule has 0 bridgehead atoms. The monoisotopic (exact) mass is 245 g/mol. The van der Waals surface area contributed by atoms with E-state index in [4.69, 9.17) is 4.98 Å². The molecule has 0 N–H and O–H groups in total. The van der Waals surface area contributed by atoms with Gasteiger partial charge in [0.15, 0.2) is 0 Å². The van der Waals surface area contributed by atoms with Crippen LogP contribution in [0.2, 0.25) is 0 Å². The van der Waals surface area contributed by atoms with Gasteiger partial charge in [-0.05, 0) is 25.5 Å². The zero-order chi connectivity index (χ0) is 12.3. The maximum absolute atomic E-state index is 4.76. The van der Waals surface area contributed by atoms with Crippen LogP contribution in [0.15, 0.2) is 36.9 Å². The summed E-state index contributed by atoms with van der Waals surface area (Å²) in [6.07, 6.45) is 5.62. The van der Waals surface area contributed by atoms with E-state index in [1.165, 1.54) is 22.5 Å². The highest BCUT2D eigenvalue weighted by Crippen LogP contribution is 2.36. The molecule has 2 rings (SSSR count). The summed E-state index contributed by atoms with van der Waals surface area (Å²) in [5.74, 6) is 0. The number of nitrogens with zero attached hydrogens (tertiary/aromatic N) is 1. The number of unbranched alkanes of at least 4 members (excludes halogenated alkanes) is 1. The maximum Gasteiger partial charge on any atom is 0.103 e. The molecular weight excluding hydrogens is 226 g/mol. The predicted octanol–water partition coefficient (Wildman–Crippen LogP) is 4.93. The molecule has 0 aliphatic rings. The lowest BCUT2D eigenvalue weighted by Crippen LogP contribution is -2.18. The minimum atomic E-state index is 0.0275. The Labute approximate surface area is 107 Å². The second kappa shape index (κ2) is 5.01. The molecule has 0 radical (unpaired) electrons. The Hall–Kier alpha value is -1.15. The van der Waals surface area contributed by atoms with E-state index in [2.05, 4.69) is 44.7 Å². The molecule has 0 saturated heterocycles. The number of hydrogen-bond donors (Lipinski definition) is 0. The Morgan fingerprint density at radius 2 is 2.18 bits per heavy atom. The Bertz CT molecular complexity index is 481. The van der Waals surface area contributed by atoms with Crippen molar-refractivity contribution in [2.24, 2.45) is 0 Å². The van der Waals surface area contributed by atoms with Crippen molar-refractivity contribution in [3.63, 3.8) is 0 Å². The third-order valence-corrected chi connectivity index (χ3v) is 4.60. The van der Waals surface area contributed by atoms with Crippen molar-refractivity contribution in [2.75, 3.05) is 0 Å². The van der Waals surface area contributed by atoms with Crippen LogP contribution in [0.1, 0.15) is 38.1 Å². The van der Waals surface area contributed by atoms with Crippen LogP contribution in [0.5, 0.6) is 0 Å². The molecule has 2 heteroatoms. The molecule has 0 amide bonds. The van der Waals surface area contributed by atoms with Crippen LogP contribution >= 0.6 is 11.3 Å². The summed E-state index contributed by atoms with van der Waals surface area (Å²) in [5.41, 5.74) is 1.14. The average Bonchev–Trinajstić information content (AvgIpc) is 2.80. The number of allylic oxidation sites excluding steroid dienone is 1. The van der Waals surface area contributed by atoms with Crippen molar-refractivity contribution in [1.82, 2.24) is 4.98 Å². The van der Waals surface area contributed by atoms with Gasteiger partial charge in [0.2, 0.25) is 0 Å². The van der Waals surface area contributed by atoms with Crippen molar-refractivity contribution >= 4 is 21.6 Å². The highest BCUT2D eigenvalue weighted by Gasteiger charge is 2.26. The van der Waals surface area contributed by atoms with Crippen molar-refractivity contribution in [1.29, 1.82) is 0 Å². The normalized spacial score (nSPS) is 14.7. The van der Waals surface area contributed by atoms with Gasteiger partial charge in [0.1, 0.15) is 5.01 Å². The number of aromatic nitrogens is 1. The largest absolute Gasteiger partial charge is 0.240 e. The minimum Gasteiger partial charge on any atom is -0.240 e. The van der Waals surface area contributed by atoms with Crippen LogP contribution in [-0.4, -0.2) is 4.98 Å². The van der Waals surface area contributed by atoms with Gasteiger partial charge in [-0.15, -0.1) is 17.9 Å². The topological polar surface area (TPSA) is 12.9 Å². The van der Waals surface area contributed by atoms with Crippen LogP contribution in [0.25, 0.3) is 10.2 Å². The molecule has 1 heterocycles. The summed E-state index contributed by atoms with van der Waals surface area (Å²) < 4.78 is 1.27. The minimum absolute atomic E-state index is 0.0275. The fourth-order valence-corrected chi connectivity index (χ4v) is 3.09. The molecule has 0 unspecified atom stereocenters. The molecule has 1 nitrogen and oxygen atoms in total. The van der Waals surface area contributed by atoms with Gasteiger partial charge >= 0.3 is 0 Å². The highest BCUT2D eigenvalue weighted by atomic mass is 32.1. The van der Waals surface area contributed by atoms with Crippen molar-refractivity contribution in [2.45, 2.75) is 38.5 Å². The van der Waals surface area contributed by atoms with Gasteiger partial charge in [0.25, 0.3) is 0 Å². The number of thiazole rings is 1. The quantitative estimate of drug-likeness (QED) is 0.681. The average molecular weight is 245 g/mol. The van der Waals surface area contributed by atoms with E-state index < -0.39 is 0 Å². The third kappa shape index (κ3) is 2.42. The third-order valence-electron chi connectivity index (χ3n) is 3.28. The molecule has 0 saturated carbocycles. The fourth-order valence-electron chi connectivity index (χ4n) is 1.96. The van der Waals surface area contributed by atoms with E-state index in [1.807, 2.05) is 6.07 Å². The molecule has 0 aliphatic heterocycles. The molecule has 2 aromatic rings. The van der Waals surface area contributed by atoms with Gasteiger partial charge in [-0.1, -0.05) is 38.0 Å². The van der Waals surface area contributed by atoms with E-state index in [-0.39, 0.29) is 5.41 Å². The second-order valence-corrected chi connectivity index (χ2v) is 5.74. The number of benzene rings is 1. The Morgan fingerprint density at radius 1 is 1.41 bits per heavy atom. The van der Waals surface area contributed by atoms with E-state index in [0.29, 0.717) is 0 Å². The first-order chi connectivity index (χ1) is 8.19. The molecular formula is C15H19NS. The molecule has 1 aromatic carbocycles. The number of para-hydroxylation sites is 1. The standard InChI is InChI=1S/C15H19NS/c1-4-6-11-15(3,5-2)14-16-12-9-7-8-10-13(12)17-14/h5,7-10H,2,4,6,11H2,1,3H3/t15-/m1/s1. The van der Waals surface area contributed by atoms with Gasteiger partial charge in [-0.3, -0.25) is 0 Å². The van der Waals surface area contributed by atoms with Crippen LogP contribution in [0, 0.1) is 0 Å². The predicted molar refractivity (Wildman–Crippen MR) is 76.7 cm³/mol.